The number of amides is 2. The molecule has 1 aromatic carbocycles. The van der Waals surface area contributed by atoms with Crippen LogP contribution in [0.3, 0.4) is 0 Å². The van der Waals surface area contributed by atoms with Crippen LogP contribution in [0.4, 0.5) is 0 Å². The first-order valence-electron chi connectivity index (χ1n) is 9.35. The third-order valence-corrected chi connectivity index (χ3v) is 4.64. The van der Waals surface area contributed by atoms with Crippen molar-refractivity contribution in [3.05, 3.63) is 58.0 Å². The topological polar surface area (TPSA) is 83.7 Å². The van der Waals surface area contributed by atoms with Crippen molar-refractivity contribution in [3.63, 3.8) is 0 Å². The summed E-state index contributed by atoms with van der Waals surface area (Å²) in [6.07, 6.45) is 3.23. The molecule has 0 saturated heterocycles. The summed E-state index contributed by atoms with van der Waals surface area (Å²) in [5.41, 5.74) is 6.62. The van der Waals surface area contributed by atoms with Crippen molar-refractivity contribution in [2.24, 2.45) is 5.10 Å². The van der Waals surface area contributed by atoms with Crippen LogP contribution in [0.1, 0.15) is 69.5 Å². The predicted molar refractivity (Wildman–Crippen MR) is 104 cm³/mol. The maximum atomic E-state index is 12.4. The van der Waals surface area contributed by atoms with Crippen LogP contribution in [0.25, 0.3) is 0 Å². The molecule has 3 rings (SSSR count). The van der Waals surface area contributed by atoms with Gasteiger partial charge in [0.15, 0.2) is 5.76 Å². The van der Waals surface area contributed by atoms with Gasteiger partial charge in [-0.25, -0.2) is 5.43 Å². The number of hydrazone groups is 1. The van der Waals surface area contributed by atoms with E-state index in [2.05, 4.69) is 15.8 Å². The van der Waals surface area contributed by atoms with Gasteiger partial charge in [-0.15, -0.1) is 0 Å². The van der Waals surface area contributed by atoms with E-state index >= 15 is 0 Å². The summed E-state index contributed by atoms with van der Waals surface area (Å²) >= 11 is 0. The average Bonchev–Trinajstić information content (AvgIpc) is 3.01. The van der Waals surface area contributed by atoms with Gasteiger partial charge in [0.05, 0.1) is 5.71 Å². The Kier molecular flexibility index (Phi) is 5.74. The van der Waals surface area contributed by atoms with E-state index in [4.69, 9.17) is 4.42 Å². The Morgan fingerprint density at radius 3 is 2.74 bits per heavy atom. The molecule has 27 heavy (non-hydrogen) atoms. The van der Waals surface area contributed by atoms with Crippen molar-refractivity contribution < 1.29 is 14.0 Å². The summed E-state index contributed by atoms with van der Waals surface area (Å²) in [4.78, 5) is 24.7. The second-order valence-corrected chi connectivity index (χ2v) is 6.83. The Labute approximate surface area is 159 Å². The molecule has 1 heterocycles. The maximum Gasteiger partial charge on any atom is 0.287 e. The molecule has 1 aliphatic rings. The highest BCUT2D eigenvalue weighted by molar-refractivity contribution is 6.07. The molecule has 0 saturated carbocycles. The first-order valence-corrected chi connectivity index (χ1v) is 9.35. The van der Waals surface area contributed by atoms with E-state index in [0.29, 0.717) is 17.9 Å². The zero-order chi connectivity index (χ0) is 19.4. The molecule has 0 bridgehead atoms. The first-order chi connectivity index (χ1) is 13.0. The van der Waals surface area contributed by atoms with E-state index in [9.17, 15) is 9.59 Å². The lowest BCUT2D eigenvalue weighted by molar-refractivity contribution is 0.0921. The molecule has 0 aliphatic heterocycles. The number of nitrogens with zero attached hydrogens (tertiary/aromatic N) is 1. The molecule has 2 N–H and O–H groups in total. The number of carbonyl (C=O) groups is 2. The average molecular weight is 367 g/mol. The van der Waals surface area contributed by atoms with E-state index in [-0.39, 0.29) is 11.8 Å². The van der Waals surface area contributed by atoms with Crippen molar-refractivity contribution in [3.8, 4) is 0 Å². The number of furan rings is 1. The zero-order valence-corrected chi connectivity index (χ0v) is 16.0. The Morgan fingerprint density at radius 2 is 2.00 bits per heavy atom. The maximum absolute atomic E-state index is 12.4. The van der Waals surface area contributed by atoms with Gasteiger partial charge in [0.25, 0.3) is 11.8 Å². The van der Waals surface area contributed by atoms with Crippen LogP contribution in [-0.2, 0) is 6.42 Å². The van der Waals surface area contributed by atoms with E-state index in [0.717, 1.165) is 53.8 Å². The molecule has 1 aromatic heterocycles. The second-order valence-electron chi connectivity index (χ2n) is 6.83. The van der Waals surface area contributed by atoms with Crippen LogP contribution in [-0.4, -0.2) is 24.1 Å². The highest BCUT2D eigenvalue weighted by Crippen LogP contribution is 2.29. The smallest absolute Gasteiger partial charge is 0.287 e. The van der Waals surface area contributed by atoms with Crippen LogP contribution in [0.15, 0.2) is 33.8 Å². The van der Waals surface area contributed by atoms with Gasteiger partial charge in [-0.2, -0.15) is 5.10 Å². The molecule has 0 fully saturated rings. The minimum absolute atomic E-state index is 0.202. The number of nitrogens with one attached hydrogen (secondary N) is 2. The summed E-state index contributed by atoms with van der Waals surface area (Å²) in [5.74, 6) is 0.657. The fraction of sp³-hybridized carbons (Fsp3) is 0.381. The summed E-state index contributed by atoms with van der Waals surface area (Å²) in [7, 11) is 0. The first kappa shape index (κ1) is 18.9. The van der Waals surface area contributed by atoms with Gasteiger partial charge in [0.1, 0.15) is 5.76 Å². The Morgan fingerprint density at radius 1 is 1.19 bits per heavy atom. The number of hydrogen-bond acceptors (Lipinski definition) is 4. The van der Waals surface area contributed by atoms with Gasteiger partial charge in [0.2, 0.25) is 0 Å². The van der Waals surface area contributed by atoms with Crippen LogP contribution in [0.2, 0.25) is 0 Å². The third kappa shape index (κ3) is 4.10. The van der Waals surface area contributed by atoms with Gasteiger partial charge in [-0.3, -0.25) is 9.59 Å². The van der Waals surface area contributed by atoms with E-state index in [1.807, 2.05) is 39.0 Å². The quantitative estimate of drug-likeness (QED) is 0.793. The lowest BCUT2D eigenvalue weighted by Crippen LogP contribution is -2.24. The molecule has 0 radical (unpaired) electrons. The lowest BCUT2D eigenvalue weighted by atomic mass is 9.93. The Hall–Kier alpha value is -2.89. The van der Waals surface area contributed by atoms with E-state index in [1.165, 1.54) is 0 Å². The zero-order valence-electron chi connectivity index (χ0n) is 16.0. The third-order valence-electron chi connectivity index (χ3n) is 4.64. The molecule has 142 valence electrons. The minimum Gasteiger partial charge on any atom is -0.455 e. The summed E-state index contributed by atoms with van der Waals surface area (Å²) in [6, 6.07) is 7.36. The molecule has 1 aliphatic carbocycles. The normalized spacial score (nSPS) is 14.7. The highest BCUT2D eigenvalue weighted by atomic mass is 16.4. The number of benzene rings is 1. The number of hydrogen-bond donors (Lipinski definition) is 2. The van der Waals surface area contributed by atoms with Crippen molar-refractivity contribution in [1.82, 2.24) is 10.7 Å². The highest BCUT2D eigenvalue weighted by Gasteiger charge is 2.27. The molecule has 2 aromatic rings. The van der Waals surface area contributed by atoms with Crippen molar-refractivity contribution in [2.45, 2.75) is 46.5 Å². The second kappa shape index (κ2) is 8.20. The van der Waals surface area contributed by atoms with Gasteiger partial charge in [-0.1, -0.05) is 24.6 Å². The van der Waals surface area contributed by atoms with Crippen LogP contribution < -0.4 is 10.7 Å². The fourth-order valence-corrected chi connectivity index (χ4v) is 3.28. The summed E-state index contributed by atoms with van der Waals surface area (Å²) in [6.45, 7) is 6.42. The van der Waals surface area contributed by atoms with Gasteiger partial charge in [0, 0.05) is 29.7 Å². The Balaban J connectivity index is 1.83. The van der Waals surface area contributed by atoms with Crippen molar-refractivity contribution >= 4 is 17.5 Å². The molecule has 0 unspecified atom stereocenters. The van der Waals surface area contributed by atoms with Gasteiger partial charge >= 0.3 is 0 Å². The molecule has 0 atom stereocenters. The Bertz CT molecular complexity index is 896. The van der Waals surface area contributed by atoms with Gasteiger partial charge < -0.3 is 9.73 Å². The minimum atomic E-state index is -0.250. The van der Waals surface area contributed by atoms with Crippen molar-refractivity contribution in [2.75, 3.05) is 6.54 Å². The molecule has 0 spiro atoms. The van der Waals surface area contributed by atoms with Gasteiger partial charge in [-0.05, 0) is 45.2 Å². The predicted octanol–water partition coefficient (Wildman–Crippen LogP) is 3.51. The fourth-order valence-electron chi connectivity index (χ4n) is 3.28. The number of fused-ring (bicyclic) bond motifs is 1. The molecular formula is C21H25N3O3. The molecule has 6 nitrogen and oxygen atoms in total. The molecule has 6 heteroatoms. The SMILES string of the molecule is CCCNC(=O)c1oc2c(c1C)/C(=N/NC(=O)c1cccc(C)c1)CCC2. The standard InChI is InChI=1S/C21H25N3O3/c1-4-11-22-21(26)19-14(3)18-16(9-6-10-17(18)27-19)23-24-20(25)15-8-5-7-13(2)12-15/h5,7-8,12H,4,6,9-11H2,1-3H3,(H,22,26)(H,24,25)/b23-16+. The van der Waals surface area contributed by atoms with Crippen LogP contribution in [0, 0.1) is 13.8 Å². The molecular weight excluding hydrogens is 342 g/mol. The monoisotopic (exact) mass is 367 g/mol. The van der Waals surface area contributed by atoms with Crippen LogP contribution >= 0.6 is 0 Å². The summed E-state index contributed by atoms with van der Waals surface area (Å²) < 4.78 is 5.83. The summed E-state index contributed by atoms with van der Waals surface area (Å²) in [5, 5.41) is 7.20. The largest absolute Gasteiger partial charge is 0.455 e. The van der Waals surface area contributed by atoms with Crippen molar-refractivity contribution in [1.29, 1.82) is 0 Å². The van der Waals surface area contributed by atoms with E-state index in [1.54, 1.807) is 6.07 Å². The lowest BCUT2D eigenvalue weighted by Gasteiger charge is -2.13. The number of carbonyl (C=O) groups excluding carboxylic acids is 2. The number of rotatable bonds is 5. The molecule has 2 amide bonds. The van der Waals surface area contributed by atoms with Crippen LogP contribution in [0.5, 0.6) is 0 Å². The number of aryl methyl sites for hydroxylation is 2. The van der Waals surface area contributed by atoms with E-state index < -0.39 is 0 Å².